The van der Waals surface area contributed by atoms with Crippen molar-refractivity contribution in [2.75, 3.05) is 32.8 Å². The lowest BCUT2D eigenvalue weighted by Gasteiger charge is -2.39. The third kappa shape index (κ3) is 5.17. The van der Waals surface area contributed by atoms with Gasteiger partial charge in [-0.2, -0.15) is 0 Å². The van der Waals surface area contributed by atoms with Crippen LogP contribution in [-0.2, 0) is 0 Å². The van der Waals surface area contributed by atoms with Gasteiger partial charge < -0.3 is 15.2 Å². The van der Waals surface area contributed by atoms with Gasteiger partial charge in [0.15, 0.2) is 0 Å². The summed E-state index contributed by atoms with van der Waals surface area (Å²) < 4.78 is 70.0. The van der Waals surface area contributed by atoms with E-state index in [0.717, 1.165) is 12.1 Å². The minimum atomic E-state index is -4.99. The first-order chi connectivity index (χ1) is 10.7. The molecule has 4 nitrogen and oxygen atoms in total. The first kappa shape index (κ1) is 20.9. The van der Waals surface area contributed by atoms with Gasteiger partial charge in [0.25, 0.3) is 5.92 Å². The van der Waals surface area contributed by atoms with E-state index >= 15 is 0 Å². The predicted molar refractivity (Wildman–Crippen MR) is 79.6 cm³/mol. The lowest BCUT2D eigenvalue weighted by molar-refractivity contribution is -0.275. The number of aliphatic hydroxyl groups excluding tert-OH is 1. The summed E-state index contributed by atoms with van der Waals surface area (Å²) in [5.74, 6) is -4.29. The Kier molecular flexibility index (Phi) is 7.21. The first-order valence-electron chi connectivity index (χ1n) is 7.03. The number of ether oxygens (including phenoxy) is 1. The quantitative estimate of drug-likeness (QED) is 0.775. The minimum Gasteiger partial charge on any atom is -0.405 e. The third-order valence-corrected chi connectivity index (χ3v) is 3.57. The van der Waals surface area contributed by atoms with Crippen LogP contribution in [0.5, 0.6) is 5.75 Å². The van der Waals surface area contributed by atoms with Crippen molar-refractivity contribution in [3.8, 4) is 5.75 Å². The largest absolute Gasteiger partial charge is 0.573 e. The van der Waals surface area contributed by atoms with Gasteiger partial charge in [0.2, 0.25) is 0 Å². The second kappa shape index (κ2) is 8.28. The molecular weight excluding hydrogens is 359 g/mol. The fourth-order valence-electron chi connectivity index (χ4n) is 2.64. The van der Waals surface area contributed by atoms with E-state index in [-0.39, 0.29) is 31.1 Å². The van der Waals surface area contributed by atoms with Crippen molar-refractivity contribution in [2.45, 2.75) is 18.3 Å². The Morgan fingerprint density at radius 3 is 2.25 bits per heavy atom. The molecule has 0 amide bonds. The average Bonchev–Trinajstić information content (AvgIpc) is 2.49. The van der Waals surface area contributed by atoms with Crippen LogP contribution in [-0.4, -0.2) is 55.1 Å². The summed E-state index contributed by atoms with van der Waals surface area (Å²) in [5.41, 5.74) is -0.300. The molecule has 1 heterocycles. The van der Waals surface area contributed by atoms with Gasteiger partial charge in [-0.3, -0.25) is 4.90 Å². The molecule has 24 heavy (non-hydrogen) atoms. The number of hydrogen-bond acceptors (Lipinski definition) is 4. The Hall–Kier alpha value is -1.16. The molecule has 0 aromatic heterocycles. The number of hydrogen-bond donors (Lipinski definition) is 2. The molecule has 0 spiro atoms. The van der Waals surface area contributed by atoms with Gasteiger partial charge in [-0.1, -0.05) is 18.2 Å². The van der Waals surface area contributed by atoms with Crippen LogP contribution in [0.2, 0.25) is 0 Å². The summed E-state index contributed by atoms with van der Waals surface area (Å²) in [5, 5.41) is 12.0. The van der Waals surface area contributed by atoms with E-state index in [1.165, 1.54) is 17.0 Å². The Bertz CT molecular complexity index is 524. The zero-order valence-electron chi connectivity index (χ0n) is 12.5. The van der Waals surface area contributed by atoms with Crippen LogP contribution in [0.25, 0.3) is 0 Å². The maximum absolute atomic E-state index is 14.3. The zero-order chi connectivity index (χ0) is 17.1. The molecule has 2 N–H and O–H groups in total. The Morgan fingerprint density at radius 1 is 1.12 bits per heavy atom. The molecule has 0 aliphatic carbocycles. The maximum atomic E-state index is 14.3. The SMILES string of the molecule is Cl.OCC(F)(F)[C@@H](c1ccccc1OC(F)(F)F)N1CCNCC1. The molecule has 0 saturated carbocycles. The fourth-order valence-corrected chi connectivity index (χ4v) is 2.64. The van der Waals surface area contributed by atoms with Crippen molar-refractivity contribution in [2.24, 2.45) is 0 Å². The number of piperazine rings is 1. The van der Waals surface area contributed by atoms with E-state index < -0.39 is 30.7 Å². The molecule has 1 aromatic rings. The lowest BCUT2D eigenvalue weighted by Crippen LogP contribution is -2.51. The molecule has 1 atom stereocenters. The summed E-state index contributed by atoms with van der Waals surface area (Å²) in [4.78, 5) is 1.35. The van der Waals surface area contributed by atoms with Crippen molar-refractivity contribution in [3.63, 3.8) is 0 Å². The molecule has 2 rings (SSSR count). The molecular formula is C14H18ClF5N2O2. The van der Waals surface area contributed by atoms with Crippen LogP contribution in [0, 0.1) is 0 Å². The number of halogens is 6. The number of para-hydroxylation sites is 1. The predicted octanol–water partition coefficient (Wildman–Crippen LogP) is 2.58. The van der Waals surface area contributed by atoms with Gasteiger partial charge in [-0.15, -0.1) is 25.6 Å². The molecule has 0 unspecified atom stereocenters. The van der Waals surface area contributed by atoms with Gasteiger partial charge in [-0.25, -0.2) is 8.78 Å². The van der Waals surface area contributed by atoms with Gasteiger partial charge in [-0.05, 0) is 6.07 Å². The Labute approximate surface area is 142 Å². The smallest absolute Gasteiger partial charge is 0.405 e. The van der Waals surface area contributed by atoms with E-state index in [0.29, 0.717) is 13.1 Å². The van der Waals surface area contributed by atoms with Gasteiger partial charge in [0.1, 0.15) is 18.4 Å². The topological polar surface area (TPSA) is 44.7 Å². The third-order valence-electron chi connectivity index (χ3n) is 3.57. The van der Waals surface area contributed by atoms with E-state index in [2.05, 4.69) is 10.1 Å². The maximum Gasteiger partial charge on any atom is 0.573 e. The van der Waals surface area contributed by atoms with E-state index in [1.54, 1.807) is 0 Å². The number of nitrogens with one attached hydrogen (secondary N) is 1. The highest BCUT2D eigenvalue weighted by molar-refractivity contribution is 5.85. The van der Waals surface area contributed by atoms with E-state index in [9.17, 15) is 22.0 Å². The van der Waals surface area contributed by atoms with Crippen molar-refractivity contribution >= 4 is 12.4 Å². The molecule has 138 valence electrons. The number of benzene rings is 1. The average molecular weight is 377 g/mol. The van der Waals surface area contributed by atoms with Crippen LogP contribution in [0.4, 0.5) is 22.0 Å². The van der Waals surface area contributed by atoms with Crippen molar-refractivity contribution < 1.29 is 31.8 Å². The Balaban J connectivity index is 0.00000288. The van der Waals surface area contributed by atoms with Gasteiger partial charge in [0, 0.05) is 31.7 Å². The number of nitrogens with zero attached hydrogens (tertiary/aromatic N) is 1. The van der Waals surface area contributed by atoms with Crippen molar-refractivity contribution in [1.29, 1.82) is 0 Å². The number of rotatable bonds is 5. The lowest BCUT2D eigenvalue weighted by atomic mass is 9.97. The van der Waals surface area contributed by atoms with Crippen LogP contribution < -0.4 is 10.1 Å². The first-order valence-corrected chi connectivity index (χ1v) is 7.03. The molecule has 1 aliphatic rings. The van der Waals surface area contributed by atoms with Crippen molar-refractivity contribution in [3.05, 3.63) is 29.8 Å². The summed E-state index contributed by atoms with van der Waals surface area (Å²) in [6.07, 6.45) is -4.99. The second-order valence-corrected chi connectivity index (χ2v) is 5.19. The summed E-state index contributed by atoms with van der Waals surface area (Å²) in [6, 6.07) is 3.09. The molecule has 1 fully saturated rings. The Morgan fingerprint density at radius 2 is 1.71 bits per heavy atom. The highest BCUT2D eigenvalue weighted by Gasteiger charge is 2.46. The molecule has 1 saturated heterocycles. The fraction of sp³-hybridized carbons (Fsp3) is 0.571. The molecule has 1 aliphatic heterocycles. The van der Waals surface area contributed by atoms with Gasteiger partial charge in [0.05, 0.1) is 0 Å². The van der Waals surface area contributed by atoms with Crippen LogP contribution in [0.1, 0.15) is 11.6 Å². The van der Waals surface area contributed by atoms with Crippen LogP contribution in [0.3, 0.4) is 0 Å². The summed E-state index contributed by atoms with van der Waals surface area (Å²) in [7, 11) is 0. The minimum absolute atomic E-state index is 0. The van der Waals surface area contributed by atoms with E-state index in [1.807, 2.05) is 0 Å². The second-order valence-electron chi connectivity index (χ2n) is 5.19. The summed E-state index contributed by atoms with van der Waals surface area (Å²) >= 11 is 0. The molecule has 1 aromatic carbocycles. The summed E-state index contributed by atoms with van der Waals surface area (Å²) in [6.45, 7) is -0.163. The van der Waals surface area contributed by atoms with Gasteiger partial charge >= 0.3 is 6.36 Å². The van der Waals surface area contributed by atoms with Crippen LogP contribution >= 0.6 is 12.4 Å². The number of aliphatic hydroxyl groups is 1. The number of alkyl halides is 5. The van der Waals surface area contributed by atoms with E-state index in [4.69, 9.17) is 5.11 Å². The van der Waals surface area contributed by atoms with Crippen LogP contribution in [0.15, 0.2) is 24.3 Å². The molecule has 10 heteroatoms. The highest BCUT2D eigenvalue weighted by atomic mass is 35.5. The zero-order valence-corrected chi connectivity index (χ0v) is 13.3. The normalized spacial score (nSPS) is 17.9. The highest BCUT2D eigenvalue weighted by Crippen LogP contribution is 2.41. The standard InChI is InChI=1S/C14H17F5N2O2.ClH/c15-13(16,9-22)12(21-7-5-20-6-8-21)10-3-1-2-4-11(10)23-14(17,18)19;/h1-4,12,20,22H,5-9H2;1H/t12-;/m1./s1. The molecule has 0 bridgehead atoms. The molecule has 0 radical (unpaired) electrons. The monoisotopic (exact) mass is 376 g/mol. The van der Waals surface area contributed by atoms with Crippen molar-refractivity contribution in [1.82, 2.24) is 10.2 Å².